The lowest BCUT2D eigenvalue weighted by atomic mass is 10.2. The number of hydrogen-bond donors (Lipinski definition) is 1. The van der Waals surface area contributed by atoms with Crippen molar-refractivity contribution < 1.29 is 18.8 Å². The molecule has 0 atom stereocenters. The molecule has 2 aromatic rings. The van der Waals surface area contributed by atoms with Crippen LogP contribution in [-0.4, -0.2) is 24.2 Å². The molecule has 0 aliphatic heterocycles. The number of hydrogen-bond acceptors (Lipinski definition) is 5. The Balaban J connectivity index is 2.08. The molecule has 0 bridgehead atoms. The standard InChI is InChI=1S/C15H12FN3O4/c1-23-14-7-2-10(8-13(14)19(21)22)9-17-18-15(20)11-3-5-12(16)6-4-11/h2-9H,1H3,(H,18,20). The molecule has 0 saturated carbocycles. The maximum atomic E-state index is 12.8. The van der Waals surface area contributed by atoms with Crippen molar-refractivity contribution in [2.45, 2.75) is 0 Å². The molecular weight excluding hydrogens is 305 g/mol. The summed E-state index contributed by atoms with van der Waals surface area (Å²) < 4.78 is 17.6. The van der Waals surface area contributed by atoms with E-state index in [1.807, 2.05) is 0 Å². The number of carbonyl (C=O) groups excluding carboxylic acids is 1. The minimum absolute atomic E-state index is 0.127. The molecule has 0 fully saturated rings. The van der Waals surface area contributed by atoms with Gasteiger partial charge in [0.05, 0.1) is 18.2 Å². The van der Waals surface area contributed by atoms with Crippen LogP contribution in [0.3, 0.4) is 0 Å². The Bertz CT molecular complexity index is 760. The monoisotopic (exact) mass is 317 g/mol. The fraction of sp³-hybridized carbons (Fsp3) is 0.0667. The lowest BCUT2D eigenvalue weighted by Crippen LogP contribution is -2.17. The number of nitro benzene ring substituents is 1. The van der Waals surface area contributed by atoms with Crippen molar-refractivity contribution in [2.24, 2.45) is 5.10 Å². The van der Waals surface area contributed by atoms with E-state index >= 15 is 0 Å². The molecule has 0 spiro atoms. The quantitative estimate of drug-likeness (QED) is 0.521. The minimum atomic E-state index is -0.576. The molecule has 1 amide bonds. The second-order valence-electron chi connectivity index (χ2n) is 4.39. The van der Waals surface area contributed by atoms with Gasteiger partial charge in [0.25, 0.3) is 5.91 Å². The molecule has 0 aliphatic carbocycles. The number of ether oxygens (including phenoxy) is 1. The number of nitro groups is 1. The van der Waals surface area contributed by atoms with E-state index in [0.29, 0.717) is 5.56 Å². The van der Waals surface area contributed by atoms with Crippen LogP contribution in [0, 0.1) is 15.9 Å². The maximum Gasteiger partial charge on any atom is 0.311 e. The van der Waals surface area contributed by atoms with Gasteiger partial charge in [-0.15, -0.1) is 0 Å². The molecule has 118 valence electrons. The van der Waals surface area contributed by atoms with Gasteiger partial charge in [0, 0.05) is 17.2 Å². The summed E-state index contributed by atoms with van der Waals surface area (Å²) >= 11 is 0. The van der Waals surface area contributed by atoms with E-state index in [9.17, 15) is 19.3 Å². The van der Waals surface area contributed by atoms with Crippen LogP contribution in [0.4, 0.5) is 10.1 Å². The Morgan fingerprint density at radius 3 is 2.61 bits per heavy atom. The van der Waals surface area contributed by atoms with Crippen molar-refractivity contribution in [3.8, 4) is 5.75 Å². The van der Waals surface area contributed by atoms with Crippen molar-refractivity contribution >= 4 is 17.8 Å². The Kier molecular flexibility index (Phi) is 4.98. The van der Waals surface area contributed by atoms with Crippen LogP contribution in [0.25, 0.3) is 0 Å². The highest BCUT2D eigenvalue weighted by atomic mass is 19.1. The lowest BCUT2D eigenvalue weighted by Gasteiger charge is -2.02. The molecule has 7 nitrogen and oxygen atoms in total. The van der Waals surface area contributed by atoms with E-state index in [-0.39, 0.29) is 17.0 Å². The second-order valence-corrected chi connectivity index (χ2v) is 4.39. The normalized spacial score (nSPS) is 10.5. The van der Waals surface area contributed by atoms with Gasteiger partial charge in [-0.3, -0.25) is 14.9 Å². The highest BCUT2D eigenvalue weighted by Gasteiger charge is 2.14. The number of nitrogens with zero attached hydrogens (tertiary/aromatic N) is 2. The largest absolute Gasteiger partial charge is 0.490 e. The Morgan fingerprint density at radius 1 is 1.30 bits per heavy atom. The minimum Gasteiger partial charge on any atom is -0.490 e. The highest BCUT2D eigenvalue weighted by molar-refractivity contribution is 5.94. The van der Waals surface area contributed by atoms with Crippen molar-refractivity contribution in [3.05, 3.63) is 69.5 Å². The molecule has 2 aromatic carbocycles. The van der Waals surface area contributed by atoms with Gasteiger partial charge in [0.1, 0.15) is 5.82 Å². The van der Waals surface area contributed by atoms with Gasteiger partial charge in [0.15, 0.2) is 5.75 Å². The first-order valence-electron chi connectivity index (χ1n) is 6.42. The summed E-state index contributed by atoms with van der Waals surface area (Å²) in [6.07, 6.45) is 1.26. The summed E-state index contributed by atoms with van der Waals surface area (Å²) in [6.45, 7) is 0. The maximum absolute atomic E-state index is 12.8. The second kappa shape index (κ2) is 7.12. The molecule has 23 heavy (non-hydrogen) atoms. The van der Waals surface area contributed by atoms with Gasteiger partial charge < -0.3 is 4.74 Å². The number of methoxy groups -OCH3 is 1. The van der Waals surface area contributed by atoms with Crippen molar-refractivity contribution in [1.29, 1.82) is 0 Å². The molecule has 8 heteroatoms. The number of carbonyl (C=O) groups is 1. The summed E-state index contributed by atoms with van der Waals surface area (Å²) in [4.78, 5) is 22.1. The van der Waals surface area contributed by atoms with Gasteiger partial charge in [-0.25, -0.2) is 9.82 Å². The van der Waals surface area contributed by atoms with Crippen LogP contribution >= 0.6 is 0 Å². The first kappa shape index (κ1) is 16.1. The number of benzene rings is 2. The Hall–Kier alpha value is -3.29. The third-order valence-corrected chi connectivity index (χ3v) is 2.89. The number of hydrazone groups is 1. The number of rotatable bonds is 5. The van der Waals surface area contributed by atoms with E-state index < -0.39 is 16.6 Å². The van der Waals surface area contributed by atoms with E-state index in [4.69, 9.17) is 4.74 Å². The van der Waals surface area contributed by atoms with Crippen molar-refractivity contribution in [3.63, 3.8) is 0 Å². The lowest BCUT2D eigenvalue weighted by molar-refractivity contribution is -0.385. The zero-order valence-corrected chi connectivity index (χ0v) is 12.0. The first-order chi connectivity index (χ1) is 11.0. The van der Waals surface area contributed by atoms with Gasteiger partial charge >= 0.3 is 5.69 Å². The average Bonchev–Trinajstić information content (AvgIpc) is 2.55. The zero-order valence-electron chi connectivity index (χ0n) is 12.0. The smallest absolute Gasteiger partial charge is 0.311 e. The highest BCUT2D eigenvalue weighted by Crippen LogP contribution is 2.26. The van der Waals surface area contributed by atoms with Crippen molar-refractivity contribution in [1.82, 2.24) is 5.43 Å². The van der Waals surface area contributed by atoms with Gasteiger partial charge in [-0.2, -0.15) is 5.10 Å². The van der Waals surface area contributed by atoms with Crippen LogP contribution in [0.5, 0.6) is 5.75 Å². The molecule has 0 aromatic heterocycles. The van der Waals surface area contributed by atoms with Gasteiger partial charge in [0.2, 0.25) is 0 Å². The van der Waals surface area contributed by atoms with Gasteiger partial charge in [-0.1, -0.05) is 0 Å². The predicted octanol–water partition coefficient (Wildman–Crippen LogP) is 2.51. The summed E-state index contributed by atoms with van der Waals surface area (Å²) in [5.41, 5.74) is 2.70. The molecule has 0 heterocycles. The summed E-state index contributed by atoms with van der Waals surface area (Å²) in [6, 6.07) is 9.21. The molecule has 0 saturated heterocycles. The number of halogens is 1. The zero-order chi connectivity index (χ0) is 16.8. The fourth-order valence-electron chi connectivity index (χ4n) is 1.76. The van der Waals surface area contributed by atoms with E-state index in [2.05, 4.69) is 10.5 Å². The van der Waals surface area contributed by atoms with E-state index in [1.165, 1.54) is 37.6 Å². The summed E-state index contributed by atoms with van der Waals surface area (Å²) in [7, 11) is 1.33. The van der Waals surface area contributed by atoms with Crippen LogP contribution < -0.4 is 10.2 Å². The Morgan fingerprint density at radius 2 is 2.00 bits per heavy atom. The third-order valence-electron chi connectivity index (χ3n) is 2.89. The topological polar surface area (TPSA) is 93.8 Å². The van der Waals surface area contributed by atoms with Crippen LogP contribution in [0.1, 0.15) is 15.9 Å². The first-order valence-corrected chi connectivity index (χ1v) is 6.42. The number of amides is 1. The van der Waals surface area contributed by atoms with Crippen LogP contribution in [0.15, 0.2) is 47.6 Å². The summed E-state index contributed by atoms with van der Waals surface area (Å²) in [5.74, 6) is -0.845. The molecule has 0 radical (unpaired) electrons. The number of nitrogens with one attached hydrogen (secondary N) is 1. The summed E-state index contributed by atoms with van der Waals surface area (Å²) in [5, 5.41) is 14.6. The van der Waals surface area contributed by atoms with E-state index in [1.54, 1.807) is 6.07 Å². The van der Waals surface area contributed by atoms with Gasteiger partial charge in [-0.05, 0) is 36.4 Å². The predicted molar refractivity (Wildman–Crippen MR) is 81.1 cm³/mol. The van der Waals surface area contributed by atoms with Crippen molar-refractivity contribution in [2.75, 3.05) is 7.11 Å². The SMILES string of the molecule is COc1ccc(C=NNC(=O)c2ccc(F)cc2)cc1[N+](=O)[O-]. The fourth-order valence-corrected chi connectivity index (χ4v) is 1.76. The molecule has 1 N–H and O–H groups in total. The van der Waals surface area contributed by atoms with E-state index in [0.717, 1.165) is 12.1 Å². The molecule has 0 aliphatic rings. The average molecular weight is 317 g/mol. The Labute approximate surface area is 130 Å². The van der Waals surface area contributed by atoms with Crippen LogP contribution in [-0.2, 0) is 0 Å². The molecular formula is C15H12FN3O4. The molecule has 0 unspecified atom stereocenters. The third kappa shape index (κ3) is 4.10. The van der Waals surface area contributed by atoms with Crippen LogP contribution in [0.2, 0.25) is 0 Å². The molecule has 2 rings (SSSR count).